The molecule has 0 bridgehead atoms. The van der Waals surface area contributed by atoms with Crippen molar-refractivity contribution < 1.29 is 4.74 Å². The van der Waals surface area contributed by atoms with Gasteiger partial charge in [0.2, 0.25) is 0 Å². The molecule has 1 atom stereocenters. The smallest absolute Gasteiger partial charge is 0.140 e. The van der Waals surface area contributed by atoms with Crippen LogP contribution in [0.3, 0.4) is 0 Å². The van der Waals surface area contributed by atoms with E-state index in [0.29, 0.717) is 6.61 Å². The number of aromatic nitrogens is 1. The van der Waals surface area contributed by atoms with E-state index in [-0.39, 0.29) is 11.5 Å². The zero-order valence-corrected chi connectivity index (χ0v) is 13.3. The summed E-state index contributed by atoms with van der Waals surface area (Å²) in [4.78, 5) is 4.62. The van der Waals surface area contributed by atoms with Gasteiger partial charge in [0.1, 0.15) is 17.4 Å². The van der Waals surface area contributed by atoms with Gasteiger partial charge in [-0.1, -0.05) is 32.9 Å². The third-order valence-electron chi connectivity index (χ3n) is 3.09. The molecule has 0 saturated heterocycles. The van der Waals surface area contributed by atoms with Gasteiger partial charge in [0, 0.05) is 16.8 Å². The first kappa shape index (κ1) is 15.0. The summed E-state index contributed by atoms with van der Waals surface area (Å²) in [5.41, 5.74) is 8.15. The lowest BCUT2D eigenvalue weighted by Gasteiger charge is -2.14. The van der Waals surface area contributed by atoms with Gasteiger partial charge in [-0.05, 0) is 24.6 Å². The Bertz CT molecular complexity index is 553. The summed E-state index contributed by atoms with van der Waals surface area (Å²) in [5.74, 6) is 0.849. The summed E-state index contributed by atoms with van der Waals surface area (Å²) in [6.45, 7) is 8.98. The number of nitrogens with two attached hydrogens (primary N) is 1. The van der Waals surface area contributed by atoms with Crippen molar-refractivity contribution >= 4 is 11.3 Å². The van der Waals surface area contributed by atoms with E-state index in [1.54, 1.807) is 11.3 Å². The molecule has 108 valence electrons. The minimum Gasteiger partial charge on any atom is -0.486 e. The maximum absolute atomic E-state index is 5.82. The number of nitrogens with zero attached hydrogens (tertiary/aromatic N) is 1. The summed E-state index contributed by atoms with van der Waals surface area (Å²) >= 11 is 1.65. The van der Waals surface area contributed by atoms with Gasteiger partial charge in [-0.3, -0.25) is 0 Å². The number of ether oxygens (including phenoxy) is 1. The standard InChI is InChI=1S/C16H22N2OS/c1-11(17)12-5-7-13(8-6-12)19-9-15-18-14(10-20-15)16(2,3)4/h5-8,10-11H,9,17H2,1-4H3/t11-/m1/s1. The largest absolute Gasteiger partial charge is 0.486 e. The molecule has 20 heavy (non-hydrogen) atoms. The van der Waals surface area contributed by atoms with E-state index in [0.717, 1.165) is 22.0 Å². The fraction of sp³-hybridized carbons (Fsp3) is 0.438. The predicted molar refractivity (Wildman–Crippen MR) is 84.2 cm³/mol. The molecule has 0 aliphatic heterocycles. The van der Waals surface area contributed by atoms with Crippen molar-refractivity contribution in [3.63, 3.8) is 0 Å². The Kier molecular flexibility index (Phi) is 4.45. The van der Waals surface area contributed by atoms with E-state index in [2.05, 4.69) is 31.1 Å². The fourth-order valence-electron chi connectivity index (χ4n) is 1.73. The summed E-state index contributed by atoms with van der Waals surface area (Å²) in [6, 6.07) is 7.97. The Balaban J connectivity index is 1.96. The van der Waals surface area contributed by atoms with Gasteiger partial charge < -0.3 is 10.5 Å². The highest BCUT2D eigenvalue weighted by Gasteiger charge is 2.17. The monoisotopic (exact) mass is 290 g/mol. The summed E-state index contributed by atoms with van der Waals surface area (Å²) in [6.07, 6.45) is 0. The molecule has 0 saturated carbocycles. The second-order valence-corrected chi connectivity index (χ2v) is 6.97. The molecule has 3 nitrogen and oxygen atoms in total. The Labute approximate surface area is 124 Å². The number of hydrogen-bond donors (Lipinski definition) is 1. The minimum absolute atomic E-state index is 0.0531. The van der Waals surface area contributed by atoms with Gasteiger partial charge in [0.05, 0.1) is 5.69 Å². The molecule has 0 spiro atoms. The Morgan fingerprint density at radius 3 is 2.40 bits per heavy atom. The fourth-order valence-corrected chi connectivity index (χ4v) is 2.67. The minimum atomic E-state index is 0.0531. The van der Waals surface area contributed by atoms with E-state index >= 15 is 0 Å². The van der Waals surface area contributed by atoms with Crippen LogP contribution in [0, 0.1) is 0 Å². The maximum atomic E-state index is 5.82. The van der Waals surface area contributed by atoms with E-state index in [1.165, 1.54) is 0 Å². The van der Waals surface area contributed by atoms with Crippen LogP contribution in [0.2, 0.25) is 0 Å². The summed E-state index contributed by atoms with van der Waals surface area (Å²) < 4.78 is 5.76. The highest BCUT2D eigenvalue weighted by molar-refractivity contribution is 7.09. The van der Waals surface area contributed by atoms with Crippen LogP contribution in [-0.2, 0) is 12.0 Å². The van der Waals surface area contributed by atoms with Gasteiger partial charge in [-0.25, -0.2) is 4.98 Å². The van der Waals surface area contributed by atoms with Crippen LogP contribution in [0.15, 0.2) is 29.6 Å². The summed E-state index contributed by atoms with van der Waals surface area (Å²) in [7, 11) is 0. The van der Waals surface area contributed by atoms with Crippen LogP contribution in [0.1, 0.15) is 50.0 Å². The zero-order chi connectivity index (χ0) is 14.8. The third kappa shape index (κ3) is 3.81. The number of benzene rings is 1. The molecule has 2 rings (SSSR count). The second kappa shape index (κ2) is 5.94. The van der Waals surface area contributed by atoms with Crippen molar-refractivity contribution in [1.82, 2.24) is 4.98 Å². The van der Waals surface area contributed by atoms with E-state index in [9.17, 15) is 0 Å². The van der Waals surface area contributed by atoms with Crippen LogP contribution in [0.5, 0.6) is 5.75 Å². The number of hydrogen-bond acceptors (Lipinski definition) is 4. The van der Waals surface area contributed by atoms with E-state index in [1.807, 2.05) is 31.2 Å². The Morgan fingerprint density at radius 1 is 1.25 bits per heavy atom. The van der Waals surface area contributed by atoms with Gasteiger partial charge in [-0.15, -0.1) is 11.3 Å². The molecule has 0 aliphatic carbocycles. The van der Waals surface area contributed by atoms with Crippen LogP contribution in [0.4, 0.5) is 0 Å². The van der Waals surface area contributed by atoms with Crippen molar-refractivity contribution in [2.75, 3.05) is 0 Å². The Hall–Kier alpha value is -1.39. The predicted octanol–water partition coefficient (Wildman–Crippen LogP) is 4.04. The molecule has 1 aromatic carbocycles. The van der Waals surface area contributed by atoms with Crippen LogP contribution in [-0.4, -0.2) is 4.98 Å². The van der Waals surface area contributed by atoms with Crippen molar-refractivity contribution in [3.05, 3.63) is 45.9 Å². The molecule has 0 fully saturated rings. The average Bonchev–Trinajstić information content (AvgIpc) is 2.85. The molecular weight excluding hydrogens is 268 g/mol. The molecule has 0 unspecified atom stereocenters. The first-order valence-corrected chi connectivity index (χ1v) is 7.67. The first-order chi connectivity index (χ1) is 9.36. The van der Waals surface area contributed by atoms with Gasteiger partial charge in [0.15, 0.2) is 0 Å². The molecule has 1 heterocycles. The van der Waals surface area contributed by atoms with E-state index < -0.39 is 0 Å². The Morgan fingerprint density at radius 2 is 1.90 bits per heavy atom. The molecule has 1 aromatic heterocycles. The maximum Gasteiger partial charge on any atom is 0.140 e. The quantitative estimate of drug-likeness (QED) is 0.924. The second-order valence-electron chi connectivity index (χ2n) is 6.02. The highest BCUT2D eigenvalue weighted by atomic mass is 32.1. The molecule has 2 N–H and O–H groups in total. The van der Waals surface area contributed by atoms with Gasteiger partial charge >= 0.3 is 0 Å². The van der Waals surface area contributed by atoms with Crippen LogP contribution < -0.4 is 10.5 Å². The first-order valence-electron chi connectivity index (χ1n) is 6.79. The molecule has 0 amide bonds. The third-order valence-corrected chi connectivity index (χ3v) is 3.91. The molecule has 4 heteroatoms. The van der Waals surface area contributed by atoms with Gasteiger partial charge in [-0.2, -0.15) is 0 Å². The zero-order valence-electron chi connectivity index (χ0n) is 12.5. The lowest BCUT2D eigenvalue weighted by atomic mass is 9.93. The SMILES string of the molecule is C[C@@H](N)c1ccc(OCc2nc(C(C)(C)C)cs2)cc1. The van der Waals surface area contributed by atoms with Crippen molar-refractivity contribution in [2.45, 2.75) is 45.8 Å². The topological polar surface area (TPSA) is 48.1 Å². The van der Waals surface area contributed by atoms with Crippen LogP contribution in [0.25, 0.3) is 0 Å². The molecular formula is C16H22N2OS. The normalized spacial score (nSPS) is 13.2. The lowest BCUT2D eigenvalue weighted by molar-refractivity contribution is 0.304. The van der Waals surface area contributed by atoms with Crippen LogP contribution >= 0.6 is 11.3 Å². The summed E-state index contributed by atoms with van der Waals surface area (Å²) in [5, 5.41) is 3.11. The molecule has 0 aliphatic rings. The molecule has 2 aromatic rings. The van der Waals surface area contributed by atoms with Crippen molar-refractivity contribution in [3.8, 4) is 5.75 Å². The number of rotatable bonds is 4. The molecule has 0 radical (unpaired) electrons. The lowest BCUT2D eigenvalue weighted by Crippen LogP contribution is -2.11. The van der Waals surface area contributed by atoms with Crippen molar-refractivity contribution in [2.24, 2.45) is 5.73 Å². The van der Waals surface area contributed by atoms with Crippen molar-refractivity contribution in [1.29, 1.82) is 0 Å². The number of thiazole rings is 1. The van der Waals surface area contributed by atoms with E-state index in [4.69, 9.17) is 10.5 Å². The average molecular weight is 290 g/mol. The highest BCUT2D eigenvalue weighted by Crippen LogP contribution is 2.25. The van der Waals surface area contributed by atoms with Gasteiger partial charge in [0.25, 0.3) is 0 Å².